The number of amides is 1. The van der Waals surface area contributed by atoms with Gasteiger partial charge >= 0.3 is 0 Å². The number of halogens is 1. The average Bonchev–Trinajstić information content (AvgIpc) is 2.79. The van der Waals surface area contributed by atoms with Crippen LogP contribution < -0.4 is 14.2 Å². The van der Waals surface area contributed by atoms with Crippen LogP contribution in [0.15, 0.2) is 66.7 Å². The van der Waals surface area contributed by atoms with Gasteiger partial charge in [0.1, 0.15) is 23.9 Å². The molecule has 5 nitrogen and oxygen atoms in total. The minimum absolute atomic E-state index is 0.0454. The first-order valence-corrected chi connectivity index (χ1v) is 10.4. The standard InChI is InChI=1S/C25H24ClNO4/c1-29-20-6-8-21(9-7-20)31-16-24-23-11-10-22(30-2)13-18(23)14-25(28)27(24)15-17-4-3-5-19(26)12-17/h3-13,24H,14-16H2,1-2H3. The molecule has 0 aromatic heterocycles. The maximum Gasteiger partial charge on any atom is 0.227 e. The molecule has 0 bridgehead atoms. The first kappa shape index (κ1) is 21.1. The number of benzene rings is 3. The first-order chi connectivity index (χ1) is 15.1. The highest BCUT2D eigenvalue weighted by Crippen LogP contribution is 2.35. The van der Waals surface area contributed by atoms with Crippen molar-refractivity contribution < 1.29 is 19.0 Å². The van der Waals surface area contributed by atoms with Gasteiger partial charge in [-0.05, 0) is 65.2 Å². The number of rotatable bonds is 7. The smallest absolute Gasteiger partial charge is 0.227 e. The van der Waals surface area contributed by atoms with Gasteiger partial charge in [0, 0.05) is 11.6 Å². The fraction of sp³-hybridized carbons (Fsp3) is 0.240. The average molecular weight is 438 g/mol. The van der Waals surface area contributed by atoms with E-state index in [4.69, 9.17) is 25.8 Å². The number of carbonyl (C=O) groups excluding carboxylic acids is 1. The van der Waals surface area contributed by atoms with Crippen molar-refractivity contribution in [2.24, 2.45) is 0 Å². The van der Waals surface area contributed by atoms with E-state index in [1.165, 1.54) is 0 Å². The van der Waals surface area contributed by atoms with Crippen LogP contribution in [0.3, 0.4) is 0 Å². The monoisotopic (exact) mass is 437 g/mol. The topological polar surface area (TPSA) is 48.0 Å². The summed E-state index contributed by atoms with van der Waals surface area (Å²) in [6.45, 7) is 0.791. The van der Waals surface area contributed by atoms with Crippen molar-refractivity contribution in [2.75, 3.05) is 20.8 Å². The lowest BCUT2D eigenvalue weighted by molar-refractivity contribution is -0.135. The molecule has 3 aromatic rings. The lowest BCUT2D eigenvalue weighted by Crippen LogP contribution is -2.42. The summed E-state index contributed by atoms with van der Waals surface area (Å²) in [4.78, 5) is 15.0. The van der Waals surface area contributed by atoms with Crippen LogP contribution in [0.2, 0.25) is 5.02 Å². The molecule has 31 heavy (non-hydrogen) atoms. The predicted molar refractivity (Wildman–Crippen MR) is 120 cm³/mol. The summed E-state index contributed by atoms with van der Waals surface area (Å²) in [5, 5.41) is 0.651. The van der Waals surface area contributed by atoms with Gasteiger partial charge in [0.2, 0.25) is 5.91 Å². The van der Waals surface area contributed by atoms with Gasteiger partial charge in [0.25, 0.3) is 0 Å². The number of nitrogens with zero attached hydrogens (tertiary/aromatic N) is 1. The summed E-state index contributed by atoms with van der Waals surface area (Å²) in [5.41, 5.74) is 3.01. The Morgan fingerprint density at radius 3 is 2.35 bits per heavy atom. The highest BCUT2D eigenvalue weighted by atomic mass is 35.5. The molecule has 0 saturated carbocycles. The molecule has 1 atom stereocenters. The molecule has 4 rings (SSSR count). The van der Waals surface area contributed by atoms with E-state index < -0.39 is 0 Å². The van der Waals surface area contributed by atoms with Gasteiger partial charge in [-0.25, -0.2) is 0 Å². The maximum atomic E-state index is 13.1. The molecule has 0 fully saturated rings. The van der Waals surface area contributed by atoms with Crippen LogP contribution in [-0.2, 0) is 17.8 Å². The zero-order valence-electron chi connectivity index (χ0n) is 17.5. The molecule has 3 aromatic carbocycles. The molecule has 0 spiro atoms. The van der Waals surface area contributed by atoms with Gasteiger partial charge in [-0.1, -0.05) is 29.8 Å². The van der Waals surface area contributed by atoms with Gasteiger partial charge in [0.15, 0.2) is 0 Å². The fourth-order valence-corrected chi connectivity index (χ4v) is 4.06. The Hall–Kier alpha value is -3.18. The van der Waals surface area contributed by atoms with Crippen LogP contribution in [0.1, 0.15) is 22.7 Å². The van der Waals surface area contributed by atoms with Gasteiger partial charge in [-0.15, -0.1) is 0 Å². The molecule has 0 radical (unpaired) electrons. The second kappa shape index (κ2) is 9.31. The van der Waals surface area contributed by atoms with Crippen molar-refractivity contribution in [1.29, 1.82) is 0 Å². The fourth-order valence-electron chi connectivity index (χ4n) is 3.85. The third-order valence-electron chi connectivity index (χ3n) is 5.46. The molecular formula is C25H24ClNO4. The molecule has 1 aliphatic heterocycles. The van der Waals surface area contributed by atoms with Gasteiger partial charge < -0.3 is 19.1 Å². The van der Waals surface area contributed by atoms with Crippen LogP contribution in [0.4, 0.5) is 0 Å². The Balaban J connectivity index is 1.63. The van der Waals surface area contributed by atoms with Crippen LogP contribution >= 0.6 is 11.6 Å². The van der Waals surface area contributed by atoms with Crippen LogP contribution in [-0.4, -0.2) is 31.6 Å². The Morgan fingerprint density at radius 2 is 1.65 bits per heavy atom. The molecule has 1 amide bonds. The van der Waals surface area contributed by atoms with Gasteiger partial charge in [-0.3, -0.25) is 4.79 Å². The van der Waals surface area contributed by atoms with Crippen molar-refractivity contribution in [3.63, 3.8) is 0 Å². The van der Waals surface area contributed by atoms with E-state index in [0.717, 1.165) is 33.9 Å². The Labute approximate surface area is 187 Å². The van der Waals surface area contributed by atoms with E-state index in [9.17, 15) is 4.79 Å². The molecule has 1 heterocycles. The van der Waals surface area contributed by atoms with E-state index in [0.29, 0.717) is 24.6 Å². The second-order valence-corrected chi connectivity index (χ2v) is 7.83. The lowest BCUT2D eigenvalue weighted by Gasteiger charge is -2.37. The number of carbonyl (C=O) groups is 1. The highest BCUT2D eigenvalue weighted by molar-refractivity contribution is 6.30. The normalized spacial score (nSPS) is 15.4. The van der Waals surface area contributed by atoms with E-state index in [1.807, 2.05) is 71.6 Å². The highest BCUT2D eigenvalue weighted by Gasteiger charge is 2.33. The molecule has 0 aliphatic carbocycles. The van der Waals surface area contributed by atoms with Crippen molar-refractivity contribution >= 4 is 17.5 Å². The Bertz CT molecular complexity index is 1070. The van der Waals surface area contributed by atoms with E-state index >= 15 is 0 Å². The quantitative estimate of drug-likeness (QED) is 0.518. The summed E-state index contributed by atoms with van der Waals surface area (Å²) < 4.78 is 16.7. The molecule has 1 aliphatic rings. The van der Waals surface area contributed by atoms with Crippen LogP contribution in [0, 0.1) is 0 Å². The molecule has 1 unspecified atom stereocenters. The number of fused-ring (bicyclic) bond motifs is 1. The second-order valence-electron chi connectivity index (χ2n) is 7.40. The van der Waals surface area contributed by atoms with Gasteiger partial charge in [0.05, 0.1) is 26.7 Å². The zero-order valence-corrected chi connectivity index (χ0v) is 18.3. The minimum atomic E-state index is -0.233. The van der Waals surface area contributed by atoms with Crippen LogP contribution in [0.5, 0.6) is 17.2 Å². The van der Waals surface area contributed by atoms with Crippen molar-refractivity contribution in [1.82, 2.24) is 4.90 Å². The van der Waals surface area contributed by atoms with Crippen molar-refractivity contribution in [2.45, 2.75) is 19.0 Å². The third kappa shape index (κ3) is 4.78. The molecule has 160 valence electrons. The summed E-state index contributed by atoms with van der Waals surface area (Å²) in [6.07, 6.45) is 0.326. The lowest BCUT2D eigenvalue weighted by atomic mass is 9.91. The summed E-state index contributed by atoms with van der Waals surface area (Å²) >= 11 is 6.16. The van der Waals surface area contributed by atoms with Gasteiger partial charge in [-0.2, -0.15) is 0 Å². The van der Waals surface area contributed by atoms with Crippen molar-refractivity contribution in [3.8, 4) is 17.2 Å². The molecule has 6 heteroatoms. The summed E-state index contributed by atoms with van der Waals surface area (Å²) in [7, 11) is 3.25. The number of ether oxygens (including phenoxy) is 3. The van der Waals surface area contributed by atoms with E-state index in [1.54, 1.807) is 14.2 Å². The largest absolute Gasteiger partial charge is 0.497 e. The first-order valence-electron chi connectivity index (χ1n) is 10.0. The molecule has 0 saturated heterocycles. The van der Waals surface area contributed by atoms with Crippen LogP contribution in [0.25, 0.3) is 0 Å². The minimum Gasteiger partial charge on any atom is -0.497 e. The Kier molecular flexibility index (Phi) is 6.33. The summed E-state index contributed by atoms with van der Waals surface area (Å²) in [5.74, 6) is 2.27. The van der Waals surface area contributed by atoms with E-state index in [2.05, 4.69) is 0 Å². The molecular weight excluding hydrogens is 414 g/mol. The number of hydrogen-bond donors (Lipinski definition) is 0. The summed E-state index contributed by atoms with van der Waals surface area (Å²) in [6, 6.07) is 20.7. The Morgan fingerprint density at radius 1 is 0.935 bits per heavy atom. The molecule has 0 N–H and O–H groups in total. The van der Waals surface area contributed by atoms with E-state index in [-0.39, 0.29) is 11.9 Å². The number of methoxy groups -OCH3 is 2. The number of hydrogen-bond acceptors (Lipinski definition) is 4. The zero-order chi connectivity index (χ0) is 21.8. The predicted octanol–water partition coefficient (Wildman–Crippen LogP) is 5.06. The third-order valence-corrected chi connectivity index (χ3v) is 5.69. The maximum absolute atomic E-state index is 13.1. The van der Waals surface area contributed by atoms with Crippen molar-refractivity contribution in [3.05, 3.63) is 88.4 Å². The SMILES string of the molecule is COc1ccc(OCC2c3ccc(OC)cc3CC(=O)N2Cc2cccc(Cl)c2)cc1.